The minimum atomic E-state index is -0.660. The summed E-state index contributed by atoms with van der Waals surface area (Å²) in [6.07, 6.45) is 8.87. The predicted octanol–water partition coefficient (Wildman–Crippen LogP) is 4.16. The van der Waals surface area contributed by atoms with Crippen molar-refractivity contribution in [1.29, 1.82) is 0 Å². The van der Waals surface area contributed by atoms with E-state index in [9.17, 15) is 24.3 Å². The summed E-state index contributed by atoms with van der Waals surface area (Å²) in [6.45, 7) is 1.63. The molecule has 4 unspecified atom stereocenters. The number of Topliss-reactive ketones (excluding diaryl/α,β-unsaturated/α-hetero) is 1. The highest BCUT2D eigenvalue weighted by Gasteiger charge is 2.57. The number of likely N-dealkylation sites (tertiary alicyclic amines) is 1. The van der Waals surface area contributed by atoms with E-state index < -0.39 is 17.8 Å². The third-order valence-corrected chi connectivity index (χ3v) is 9.09. The fourth-order valence-electron chi connectivity index (χ4n) is 7.33. The van der Waals surface area contributed by atoms with Crippen molar-refractivity contribution in [2.24, 2.45) is 17.8 Å². The number of aromatic hydroxyl groups is 1. The lowest BCUT2D eigenvalue weighted by Gasteiger charge is -2.42. The van der Waals surface area contributed by atoms with Gasteiger partial charge in [-0.1, -0.05) is 37.0 Å². The maximum Gasteiger partial charge on any atom is 0.233 e. The van der Waals surface area contributed by atoms with Crippen molar-refractivity contribution in [3.63, 3.8) is 0 Å². The van der Waals surface area contributed by atoms with E-state index in [0.29, 0.717) is 34.5 Å². The minimum Gasteiger partial charge on any atom is -0.507 e. The average Bonchev–Trinajstić information content (AvgIpc) is 3.16. The third kappa shape index (κ3) is 3.54. The van der Waals surface area contributed by atoms with Gasteiger partial charge in [-0.3, -0.25) is 24.1 Å². The van der Waals surface area contributed by atoms with Gasteiger partial charge in [0, 0.05) is 40.3 Å². The van der Waals surface area contributed by atoms with Gasteiger partial charge in [0.1, 0.15) is 11.5 Å². The van der Waals surface area contributed by atoms with Gasteiger partial charge >= 0.3 is 0 Å². The molecule has 1 aliphatic heterocycles. The van der Waals surface area contributed by atoms with Crippen LogP contribution in [0.4, 0.5) is 0 Å². The molecule has 1 saturated heterocycles. The second-order valence-corrected chi connectivity index (χ2v) is 11.0. The predicted molar refractivity (Wildman–Crippen MR) is 135 cm³/mol. The molecule has 6 rings (SSSR count). The fourth-order valence-corrected chi connectivity index (χ4v) is 7.33. The van der Waals surface area contributed by atoms with E-state index in [2.05, 4.69) is 0 Å². The molecule has 1 aromatic carbocycles. The largest absolute Gasteiger partial charge is 0.507 e. The topological polar surface area (TPSA) is 101 Å². The molecule has 0 aromatic heterocycles. The van der Waals surface area contributed by atoms with Crippen LogP contribution in [0.3, 0.4) is 0 Å². The van der Waals surface area contributed by atoms with Crippen LogP contribution in [0.1, 0.15) is 63.4 Å². The second kappa shape index (κ2) is 8.82. The molecule has 2 amide bonds. The van der Waals surface area contributed by atoms with E-state index in [1.807, 2.05) is 6.08 Å². The Morgan fingerprint density at radius 2 is 1.76 bits per heavy atom. The van der Waals surface area contributed by atoms with Gasteiger partial charge < -0.3 is 9.84 Å². The highest BCUT2D eigenvalue weighted by Crippen LogP contribution is 2.56. The van der Waals surface area contributed by atoms with Gasteiger partial charge in [-0.15, -0.1) is 0 Å². The third-order valence-electron chi connectivity index (χ3n) is 9.09. The molecule has 5 aliphatic rings. The smallest absolute Gasteiger partial charge is 0.233 e. The number of hydrogen-bond acceptors (Lipinski definition) is 6. The van der Waals surface area contributed by atoms with Gasteiger partial charge in [-0.05, 0) is 50.7 Å². The van der Waals surface area contributed by atoms with Crippen LogP contribution in [0.5, 0.6) is 11.5 Å². The van der Waals surface area contributed by atoms with Gasteiger partial charge in [0.05, 0.1) is 18.9 Å². The fraction of sp³-hybridized carbons (Fsp3) is 0.467. The summed E-state index contributed by atoms with van der Waals surface area (Å²) >= 11 is 0. The summed E-state index contributed by atoms with van der Waals surface area (Å²) in [5.74, 6) is -2.27. The first-order valence-corrected chi connectivity index (χ1v) is 13.3. The first-order valence-electron chi connectivity index (χ1n) is 13.3. The zero-order valence-electron chi connectivity index (χ0n) is 21.2. The standard InChI is InChI=1S/C30H31NO6/c1-15-12-23(32)22-14-21-18(25(27(22)28(15)34)19-9-8-17(37-2)13-24(19)33)10-11-20-26(21)30(36)31(29(20)35)16-6-4-3-5-7-16/h8-10,12-13,16,20-21,25-26,33H,3-7,11,14H2,1-2H3. The molecule has 37 heavy (non-hydrogen) atoms. The number of nitrogens with zero attached hydrogens (tertiary/aromatic N) is 1. The quantitative estimate of drug-likeness (QED) is 0.379. The molecule has 1 heterocycles. The molecule has 1 saturated carbocycles. The van der Waals surface area contributed by atoms with Crippen LogP contribution in [-0.2, 0) is 19.2 Å². The van der Waals surface area contributed by atoms with E-state index >= 15 is 0 Å². The Morgan fingerprint density at radius 3 is 2.46 bits per heavy atom. The van der Waals surface area contributed by atoms with Crippen LogP contribution in [0.15, 0.2) is 52.6 Å². The van der Waals surface area contributed by atoms with Gasteiger partial charge in [0.15, 0.2) is 11.6 Å². The van der Waals surface area contributed by atoms with Crippen molar-refractivity contribution in [3.05, 3.63) is 58.2 Å². The number of fused-ring (bicyclic) bond motifs is 3. The molecule has 7 nitrogen and oxygen atoms in total. The SMILES string of the molecule is COc1ccc(C2C3=CCC4C(=O)N(C5CCCCC5)C(=O)C4C3CC3=C2C(=O)C(C)=CC3=O)c(O)c1. The van der Waals surface area contributed by atoms with Gasteiger partial charge in [-0.25, -0.2) is 0 Å². The van der Waals surface area contributed by atoms with Gasteiger partial charge in [0.25, 0.3) is 0 Å². The van der Waals surface area contributed by atoms with Crippen LogP contribution < -0.4 is 4.74 Å². The number of imide groups is 1. The number of carbonyl (C=O) groups excluding carboxylic acids is 4. The number of ether oxygens (including phenoxy) is 1. The molecule has 1 aromatic rings. The van der Waals surface area contributed by atoms with Gasteiger partial charge in [0.2, 0.25) is 11.8 Å². The minimum absolute atomic E-state index is 0.0371. The summed E-state index contributed by atoms with van der Waals surface area (Å²) < 4.78 is 5.25. The number of benzene rings is 1. The number of ketones is 2. The van der Waals surface area contributed by atoms with E-state index in [-0.39, 0.29) is 47.5 Å². The van der Waals surface area contributed by atoms with E-state index in [1.54, 1.807) is 19.1 Å². The van der Waals surface area contributed by atoms with E-state index in [1.165, 1.54) is 24.2 Å². The summed E-state index contributed by atoms with van der Waals surface area (Å²) in [5, 5.41) is 11.0. The summed E-state index contributed by atoms with van der Waals surface area (Å²) in [4.78, 5) is 55.6. The Bertz CT molecular complexity index is 1330. The van der Waals surface area contributed by atoms with Crippen molar-refractivity contribution in [2.75, 3.05) is 7.11 Å². The Balaban J connectivity index is 1.47. The molecule has 192 valence electrons. The lowest BCUT2D eigenvalue weighted by atomic mass is 9.59. The molecular formula is C30H31NO6. The second-order valence-electron chi connectivity index (χ2n) is 11.0. The normalized spacial score (nSPS) is 30.1. The molecule has 4 atom stereocenters. The molecule has 0 radical (unpaired) electrons. The number of allylic oxidation sites excluding steroid dienone is 6. The molecule has 4 aliphatic carbocycles. The highest BCUT2D eigenvalue weighted by atomic mass is 16.5. The number of hydrogen-bond donors (Lipinski definition) is 1. The van der Waals surface area contributed by atoms with E-state index in [0.717, 1.165) is 37.7 Å². The number of rotatable bonds is 3. The Hall–Kier alpha value is -3.48. The molecular weight excluding hydrogens is 470 g/mol. The maximum absolute atomic E-state index is 13.9. The highest BCUT2D eigenvalue weighted by molar-refractivity contribution is 6.24. The van der Waals surface area contributed by atoms with Crippen LogP contribution in [0.25, 0.3) is 0 Å². The molecule has 7 heteroatoms. The molecule has 0 spiro atoms. The van der Waals surface area contributed by atoms with E-state index in [4.69, 9.17) is 4.74 Å². The lowest BCUT2D eigenvalue weighted by Crippen LogP contribution is -2.43. The van der Waals surface area contributed by atoms with Crippen molar-refractivity contribution < 1.29 is 29.0 Å². The number of carbonyl (C=O) groups is 4. The van der Waals surface area contributed by atoms with Gasteiger partial charge in [-0.2, -0.15) is 0 Å². The number of phenolic OH excluding ortho intramolecular Hbond substituents is 1. The maximum atomic E-state index is 13.9. The number of methoxy groups -OCH3 is 1. The zero-order chi connectivity index (χ0) is 26.0. The molecule has 1 N–H and O–H groups in total. The summed E-state index contributed by atoms with van der Waals surface area (Å²) in [6, 6.07) is 4.89. The Morgan fingerprint density at radius 1 is 1.00 bits per heavy atom. The van der Waals surface area contributed by atoms with Crippen molar-refractivity contribution in [3.8, 4) is 11.5 Å². The zero-order valence-corrected chi connectivity index (χ0v) is 21.2. The van der Waals surface area contributed by atoms with Crippen LogP contribution >= 0.6 is 0 Å². The Labute approximate surface area is 215 Å². The average molecular weight is 502 g/mol. The molecule has 2 fully saturated rings. The number of amides is 2. The summed E-state index contributed by atoms with van der Waals surface area (Å²) in [5.41, 5.74) is 2.50. The lowest BCUT2D eigenvalue weighted by molar-refractivity contribution is -0.143. The van der Waals surface area contributed by atoms with Crippen LogP contribution in [0, 0.1) is 17.8 Å². The molecule has 0 bridgehead atoms. The van der Waals surface area contributed by atoms with Crippen molar-refractivity contribution in [1.82, 2.24) is 4.90 Å². The summed E-state index contributed by atoms with van der Waals surface area (Å²) in [7, 11) is 1.51. The van der Waals surface area contributed by atoms with Crippen molar-refractivity contribution >= 4 is 23.4 Å². The monoisotopic (exact) mass is 501 g/mol. The first-order chi connectivity index (χ1) is 17.8. The number of phenols is 1. The van der Waals surface area contributed by atoms with Crippen LogP contribution in [0.2, 0.25) is 0 Å². The Kier molecular flexibility index (Phi) is 5.70. The van der Waals surface area contributed by atoms with Crippen molar-refractivity contribution in [2.45, 2.75) is 63.8 Å². The first kappa shape index (κ1) is 23.9. The van der Waals surface area contributed by atoms with Crippen LogP contribution in [-0.4, -0.2) is 46.5 Å².